The van der Waals surface area contributed by atoms with Gasteiger partial charge in [-0.2, -0.15) is 4.31 Å². The molecule has 0 aliphatic carbocycles. The fraction of sp³-hybridized carbons (Fsp3) is 0.300. The summed E-state index contributed by atoms with van der Waals surface area (Å²) >= 11 is 0. The summed E-state index contributed by atoms with van der Waals surface area (Å²) in [6.07, 6.45) is 5.39. The number of pyridine rings is 1. The molecular formula is C20H22N4O4S. The van der Waals surface area contributed by atoms with Crippen LogP contribution in [-0.2, 0) is 16.6 Å². The largest absolute Gasteiger partial charge is 0.495 e. The van der Waals surface area contributed by atoms with Crippen molar-refractivity contribution in [2.45, 2.75) is 24.3 Å². The highest BCUT2D eigenvalue weighted by Crippen LogP contribution is 2.29. The van der Waals surface area contributed by atoms with E-state index in [0.717, 1.165) is 18.5 Å². The van der Waals surface area contributed by atoms with Gasteiger partial charge in [0.15, 0.2) is 0 Å². The van der Waals surface area contributed by atoms with E-state index < -0.39 is 10.0 Å². The molecule has 1 aromatic carbocycles. The van der Waals surface area contributed by atoms with Crippen molar-refractivity contribution in [2.24, 2.45) is 0 Å². The molecule has 0 radical (unpaired) electrons. The Hall–Kier alpha value is -2.91. The highest BCUT2D eigenvalue weighted by molar-refractivity contribution is 7.89. The third-order valence-corrected chi connectivity index (χ3v) is 6.87. The summed E-state index contributed by atoms with van der Waals surface area (Å²) < 4.78 is 34.5. The number of nitrogens with zero attached hydrogens (tertiary/aromatic N) is 3. The van der Waals surface area contributed by atoms with Crippen LogP contribution >= 0.6 is 0 Å². The first kappa shape index (κ1) is 19.4. The van der Waals surface area contributed by atoms with Crippen LogP contribution in [-0.4, -0.2) is 48.2 Å². The number of carbonyl (C=O) groups is 1. The van der Waals surface area contributed by atoms with Crippen LogP contribution in [0, 0.1) is 0 Å². The average molecular weight is 414 g/mol. The SMILES string of the molecule is COc1ccc(C(=O)NCc2cn3ccccc3n2)cc1S(=O)(=O)N1CCCC1. The molecule has 9 heteroatoms. The van der Waals surface area contributed by atoms with Crippen molar-refractivity contribution in [1.29, 1.82) is 0 Å². The van der Waals surface area contributed by atoms with E-state index in [9.17, 15) is 13.2 Å². The van der Waals surface area contributed by atoms with Gasteiger partial charge in [0.05, 0.1) is 19.3 Å². The van der Waals surface area contributed by atoms with Crippen LogP contribution in [0.2, 0.25) is 0 Å². The van der Waals surface area contributed by atoms with E-state index in [2.05, 4.69) is 10.3 Å². The summed E-state index contributed by atoms with van der Waals surface area (Å²) in [5.74, 6) is -0.142. The fourth-order valence-corrected chi connectivity index (χ4v) is 5.13. The number of nitrogens with one attached hydrogen (secondary N) is 1. The number of hydrogen-bond acceptors (Lipinski definition) is 5. The monoisotopic (exact) mass is 414 g/mol. The second-order valence-corrected chi connectivity index (χ2v) is 8.76. The van der Waals surface area contributed by atoms with Crippen LogP contribution in [0.15, 0.2) is 53.7 Å². The van der Waals surface area contributed by atoms with E-state index in [-0.39, 0.29) is 28.7 Å². The number of ether oxygens (including phenoxy) is 1. The Bertz CT molecular complexity index is 1120. The van der Waals surface area contributed by atoms with Gasteiger partial charge in [-0.3, -0.25) is 4.79 Å². The van der Waals surface area contributed by atoms with E-state index in [1.165, 1.54) is 23.5 Å². The van der Waals surface area contributed by atoms with E-state index in [1.54, 1.807) is 6.07 Å². The molecule has 29 heavy (non-hydrogen) atoms. The molecule has 3 aromatic rings. The second kappa shape index (κ2) is 7.84. The maximum Gasteiger partial charge on any atom is 0.251 e. The molecule has 3 heterocycles. The number of aromatic nitrogens is 2. The van der Waals surface area contributed by atoms with Gasteiger partial charge in [-0.05, 0) is 43.2 Å². The molecule has 0 atom stereocenters. The number of methoxy groups -OCH3 is 1. The lowest BCUT2D eigenvalue weighted by atomic mass is 10.2. The number of imidazole rings is 1. The molecule has 4 rings (SSSR count). The third-order valence-electron chi connectivity index (χ3n) is 4.95. The maximum atomic E-state index is 13.0. The Morgan fingerprint density at radius 1 is 1.21 bits per heavy atom. The minimum absolute atomic E-state index is 0.0160. The van der Waals surface area contributed by atoms with Crippen LogP contribution in [0.25, 0.3) is 5.65 Å². The zero-order valence-electron chi connectivity index (χ0n) is 16.0. The molecule has 8 nitrogen and oxygen atoms in total. The van der Waals surface area contributed by atoms with Crippen molar-refractivity contribution in [1.82, 2.24) is 19.0 Å². The molecule has 1 aliphatic rings. The van der Waals surface area contributed by atoms with Gasteiger partial charge in [0.2, 0.25) is 10.0 Å². The molecule has 1 amide bonds. The molecule has 1 fully saturated rings. The van der Waals surface area contributed by atoms with Crippen LogP contribution in [0.3, 0.4) is 0 Å². The van der Waals surface area contributed by atoms with Crippen molar-refractivity contribution >= 4 is 21.6 Å². The molecule has 0 unspecified atom stereocenters. The average Bonchev–Trinajstić information content (AvgIpc) is 3.41. The summed E-state index contributed by atoms with van der Waals surface area (Å²) in [5.41, 5.74) is 1.76. The molecule has 1 aliphatic heterocycles. The fourth-order valence-electron chi connectivity index (χ4n) is 3.43. The zero-order chi connectivity index (χ0) is 20.4. The summed E-state index contributed by atoms with van der Waals surface area (Å²) in [6.45, 7) is 1.20. The number of benzene rings is 1. The molecule has 152 valence electrons. The number of hydrogen-bond donors (Lipinski definition) is 1. The van der Waals surface area contributed by atoms with Crippen molar-refractivity contribution in [2.75, 3.05) is 20.2 Å². The van der Waals surface area contributed by atoms with Gasteiger partial charge in [0.1, 0.15) is 16.3 Å². The van der Waals surface area contributed by atoms with E-state index >= 15 is 0 Å². The standard InChI is InChI=1S/C20H22N4O4S/c1-28-17-8-7-15(12-18(17)29(26,27)24-10-4-5-11-24)20(25)21-13-16-14-23-9-3-2-6-19(23)22-16/h2-3,6-9,12,14H,4-5,10-11,13H2,1H3,(H,21,25). The predicted octanol–water partition coefficient (Wildman–Crippen LogP) is 2.06. The number of amides is 1. The van der Waals surface area contributed by atoms with Crippen LogP contribution < -0.4 is 10.1 Å². The molecule has 0 saturated carbocycles. The minimum Gasteiger partial charge on any atom is -0.495 e. The lowest BCUT2D eigenvalue weighted by Gasteiger charge is -2.18. The minimum atomic E-state index is -3.71. The highest BCUT2D eigenvalue weighted by Gasteiger charge is 2.30. The maximum absolute atomic E-state index is 13.0. The van der Waals surface area contributed by atoms with Crippen LogP contribution in [0.4, 0.5) is 0 Å². The summed E-state index contributed by atoms with van der Waals surface area (Å²) in [5, 5.41) is 2.80. The first-order valence-electron chi connectivity index (χ1n) is 9.38. The molecule has 1 N–H and O–H groups in total. The van der Waals surface area contributed by atoms with Gasteiger partial charge >= 0.3 is 0 Å². The van der Waals surface area contributed by atoms with Gasteiger partial charge in [0, 0.05) is 31.0 Å². The quantitative estimate of drug-likeness (QED) is 0.666. The van der Waals surface area contributed by atoms with Crippen molar-refractivity contribution in [3.63, 3.8) is 0 Å². The lowest BCUT2D eigenvalue weighted by molar-refractivity contribution is 0.0950. The predicted molar refractivity (Wildman–Crippen MR) is 107 cm³/mol. The molecule has 1 saturated heterocycles. The van der Waals surface area contributed by atoms with Crippen LogP contribution in [0.1, 0.15) is 28.9 Å². The Kier molecular flexibility index (Phi) is 5.25. The Labute approximate surface area is 169 Å². The van der Waals surface area contributed by atoms with E-state index in [0.29, 0.717) is 18.8 Å². The Morgan fingerprint density at radius 3 is 2.72 bits per heavy atom. The van der Waals surface area contributed by atoms with Crippen molar-refractivity contribution in [3.05, 3.63) is 60.0 Å². The van der Waals surface area contributed by atoms with Gasteiger partial charge in [-0.1, -0.05) is 6.07 Å². The highest BCUT2D eigenvalue weighted by atomic mass is 32.2. The smallest absolute Gasteiger partial charge is 0.251 e. The molecular weight excluding hydrogens is 392 g/mol. The summed E-state index contributed by atoms with van der Waals surface area (Å²) in [4.78, 5) is 17.1. The van der Waals surface area contributed by atoms with Gasteiger partial charge in [0.25, 0.3) is 5.91 Å². The molecule has 2 aromatic heterocycles. The Morgan fingerprint density at radius 2 is 2.00 bits per heavy atom. The molecule has 0 bridgehead atoms. The third kappa shape index (κ3) is 3.83. The van der Waals surface area contributed by atoms with Gasteiger partial charge in [-0.15, -0.1) is 0 Å². The summed E-state index contributed by atoms with van der Waals surface area (Å²) in [6, 6.07) is 10.1. The van der Waals surface area contributed by atoms with Crippen molar-refractivity contribution in [3.8, 4) is 5.75 Å². The normalized spacial score (nSPS) is 14.9. The number of fused-ring (bicyclic) bond motifs is 1. The second-order valence-electron chi connectivity index (χ2n) is 6.86. The van der Waals surface area contributed by atoms with Gasteiger partial charge < -0.3 is 14.5 Å². The van der Waals surface area contributed by atoms with Crippen LogP contribution in [0.5, 0.6) is 5.75 Å². The summed E-state index contributed by atoms with van der Waals surface area (Å²) in [7, 11) is -2.29. The first-order valence-corrected chi connectivity index (χ1v) is 10.8. The van der Waals surface area contributed by atoms with E-state index in [4.69, 9.17) is 4.74 Å². The van der Waals surface area contributed by atoms with Gasteiger partial charge in [-0.25, -0.2) is 13.4 Å². The number of sulfonamides is 1. The lowest BCUT2D eigenvalue weighted by Crippen LogP contribution is -2.29. The number of rotatable bonds is 6. The zero-order valence-corrected chi connectivity index (χ0v) is 16.9. The van der Waals surface area contributed by atoms with E-state index in [1.807, 2.05) is 35.0 Å². The first-order chi connectivity index (χ1) is 14.0. The number of carbonyl (C=O) groups excluding carboxylic acids is 1. The van der Waals surface area contributed by atoms with Crippen molar-refractivity contribution < 1.29 is 17.9 Å². The topological polar surface area (TPSA) is 93.0 Å². The Balaban J connectivity index is 1.55. The molecule has 0 spiro atoms.